The third kappa shape index (κ3) is 3.58. The summed E-state index contributed by atoms with van der Waals surface area (Å²) in [5, 5.41) is 12.0. The fourth-order valence-corrected chi connectivity index (χ4v) is 1.81. The van der Waals surface area contributed by atoms with Gasteiger partial charge in [0.25, 0.3) is 0 Å². The van der Waals surface area contributed by atoms with Crippen LogP contribution in [0, 0.1) is 5.82 Å². The van der Waals surface area contributed by atoms with E-state index >= 15 is 0 Å². The highest BCUT2D eigenvalue weighted by Crippen LogP contribution is 2.07. The molecule has 0 aliphatic rings. The molecule has 0 aliphatic heterocycles. The smallest absolute Gasteiger partial charge is 0.339 e. The number of hydrogen-bond donors (Lipinski definition) is 2. The van der Waals surface area contributed by atoms with E-state index in [1.165, 1.54) is 18.6 Å². The summed E-state index contributed by atoms with van der Waals surface area (Å²) >= 11 is 0. The van der Waals surface area contributed by atoms with Crippen LogP contribution in [0.5, 0.6) is 0 Å². The molecule has 1 aromatic carbocycles. The number of benzene rings is 1. The first-order chi connectivity index (χ1) is 9.68. The molecule has 0 radical (unpaired) electrons. The van der Waals surface area contributed by atoms with Gasteiger partial charge in [-0.25, -0.2) is 19.2 Å². The van der Waals surface area contributed by atoms with Crippen LogP contribution in [-0.2, 0) is 13.0 Å². The van der Waals surface area contributed by atoms with Gasteiger partial charge in [-0.1, -0.05) is 18.2 Å². The third-order valence-corrected chi connectivity index (χ3v) is 2.85. The predicted molar refractivity (Wildman–Crippen MR) is 70.8 cm³/mol. The van der Waals surface area contributed by atoms with Crippen molar-refractivity contribution in [3.63, 3.8) is 0 Å². The molecule has 1 aromatic heterocycles. The van der Waals surface area contributed by atoms with E-state index in [4.69, 9.17) is 5.11 Å². The normalized spacial score (nSPS) is 10.4. The quantitative estimate of drug-likeness (QED) is 0.784. The minimum atomic E-state index is -1.06. The Kier molecular flexibility index (Phi) is 4.73. The number of carbonyl (C=O) groups is 1. The number of hydrogen-bond acceptors (Lipinski definition) is 4. The van der Waals surface area contributed by atoms with E-state index < -0.39 is 5.97 Å². The number of nitrogens with one attached hydrogen (secondary N) is 1. The van der Waals surface area contributed by atoms with Crippen LogP contribution in [0.15, 0.2) is 36.8 Å². The van der Waals surface area contributed by atoms with Gasteiger partial charge in [-0.15, -0.1) is 0 Å². The molecule has 6 heteroatoms. The lowest BCUT2D eigenvalue weighted by atomic mass is 10.1. The summed E-state index contributed by atoms with van der Waals surface area (Å²) in [6.07, 6.45) is 3.10. The topological polar surface area (TPSA) is 75.1 Å². The molecule has 2 rings (SSSR count). The van der Waals surface area contributed by atoms with Crippen molar-refractivity contribution in [2.24, 2.45) is 0 Å². The number of carboxylic acids is 1. The average molecular weight is 275 g/mol. The number of carboxylic acid groups (broad SMARTS) is 1. The number of aromatic nitrogens is 2. The number of aromatic carboxylic acids is 1. The zero-order chi connectivity index (χ0) is 14.4. The SMILES string of the molecule is O=C(O)c1cncnc1CNCCc1ccccc1F. The Bertz CT molecular complexity index is 604. The van der Waals surface area contributed by atoms with Crippen LogP contribution in [0.2, 0.25) is 0 Å². The maximum Gasteiger partial charge on any atom is 0.339 e. The summed E-state index contributed by atoms with van der Waals surface area (Å²) in [6.45, 7) is 0.836. The molecule has 0 saturated carbocycles. The van der Waals surface area contributed by atoms with Crippen molar-refractivity contribution in [2.75, 3.05) is 6.54 Å². The molecule has 1 heterocycles. The fraction of sp³-hybridized carbons (Fsp3) is 0.214. The van der Waals surface area contributed by atoms with Crippen LogP contribution in [0.25, 0.3) is 0 Å². The minimum absolute atomic E-state index is 0.0749. The highest BCUT2D eigenvalue weighted by atomic mass is 19.1. The van der Waals surface area contributed by atoms with E-state index in [0.717, 1.165) is 0 Å². The highest BCUT2D eigenvalue weighted by molar-refractivity contribution is 5.88. The van der Waals surface area contributed by atoms with Crippen LogP contribution in [0.3, 0.4) is 0 Å². The maximum atomic E-state index is 13.4. The molecule has 0 fully saturated rings. The third-order valence-electron chi connectivity index (χ3n) is 2.85. The minimum Gasteiger partial charge on any atom is -0.478 e. The van der Waals surface area contributed by atoms with Crippen molar-refractivity contribution in [1.29, 1.82) is 0 Å². The van der Waals surface area contributed by atoms with Gasteiger partial charge in [0, 0.05) is 12.7 Å². The first-order valence-corrected chi connectivity index (χ1v) is 6.15. The van der Waals surface area contributed by atoms with E-state index in [1.54, 1.807) is 18.2 Å². The van der Waals surface area contributed by atoms with Crippen molar-refractivity contribution in [1.82, 2.24) is 15.3 Å². The van der Waals surface area contributed by atoms with Crippen LogP contribution in [0.1, 0.15) is 21.6 Å². The molecule has 0 amide bonds. The largest absolute Gasteiger partial charge is 0.478 e. The van der Waals surface area contributed by atoms with Crippen LogP contribution >= 0.6 is 0 Å². The first-order valence-electron chi connectivity index (χ1n) is 6.15. The van der Waals surface area contributed by atoms with E-state index in [1.807, 2.05) is 0 Å². The Balaban J connectivity index is 1.88. The van der Waals surface area contributed by atoms with Gasteiger partial charge in [-0.2, -0.15) is 0 Å². The molecule has 0 spiro atoms. The highest BCUT2D eigenvalue weighted by Gasteiger charge is 2.10. The molecule has 20 heavy (non-hydrogen) atoms. The molecule has 104 valence electrons. The Morgan fingerprint density at radius 2 is 2.15 bits per heavy atom. The van der Waals surface area contributed by atoms with Crippen molar-refractivity contribution in [3.8, 4) is 0 Å². The molecule has 0 aliphatic carbocycles. The van der Waals surface area contributed by atoms with Crippen LogP contribution in [0.4, 0.5) is 4.39 Å². The lowest BCUT2D eigenvalue weighted by Gasteiger charge is -2.07. The van der Waals surface area contributed by atoms with Gasteiger partial charge in [0.05, 0.1) is 5.69 Å². The maximum absolute atomic E-state index is 13.4. The summed E-state index contributed by atoms with van der Waals surface area (Å²) in [5.74, 6) is -1.29. The summed E-state index contributed by atoms with van der Waals surface area (Å²) < 4.78 is 13.4. The van der Waals surface area contributed by atoms with Crippen molar-refractivity contribution >= 4 is 5.97 Å². The lowest BCUT2D eigenvalue weighted by molar-refractivity contribution is 0.0694. The monoisotopic (exact) mass is 275 g/mol. The summed E-state index contributed by atoms with van der Waals surface area (Å²) in [7, 11) is 0. The van der Waals surface area contributed by atoms with Crippen molar-refractivity contribution in [2.45, 2.75) is 13.0 Å². The zero-order valence-electron chi connectivity index (χ0n) is 10.7. The molecular weight excluding hydrogens is 261 g/mol. The van der Waals surface area contributed by atoms with Crippen LogP contribution < -0.4 is 5.32 Å². The van der Waals surface area contributed by atoms with Gasteiger partial charge in [0.2, 0.25) is 0 Å². The molecule has 2 aromatic rings. The van der Waals surface area contributed by atoms with Crippen LogP contribution in [-0.4, -0.2) is 27.6 Å². The summed E-state index contributed by atoms with van der Waals surface area (Å²) in [5.41, 5.74) is 1.12. The number of nitrogens with zero attached hydrogens (tertiary/aromatic N) is 2. The Morgan fingerprint density at radius 3 is 2.90 bits per heavy atom. The first kappa shape index (κ1) is 14.1. The van der Waals surface area contributed by atoms with Gasteiger partial charge in [-0.05, 0) is 24.6 Å². The molecule has 0 atom stereocenters. The fourth-order valence-electron chi connectivity index (χ4n) is 1.81. The van der Waals surface area contributed by atoms with Crippen molar-refractivity contribution < 1.29 is 14.3 Å². The molecular formula is C14H14FN3O2. The predicted octanol–water partition coefficient (Wildman–Crippen LogP) is 1.65. The van der Waals surface area contributed by atoms with Gasteiger partial charge < -0.3 is 10.4 Å². The van der Waals surface area contributed by atoms with E-state index in [2.05, 4.69) is 15.3 Å². The van der Waals surface area contributed by atoms with E-state index in [0.29, 0.717) is 30.8 Å². The second-order valence-corrected chi connectivity index (χ2v) is 4.21. The molecule has 0 unspecified atom stereocenters. The molecule has 0 bridgehead atoms. The molecule has 2 N–H and O–H groups in total. The summed E-state index contributed by atoms with van der Waals surface area (Å²) in [6, 6.07) is 6.57. The second kappa shape index (κ2) is 6.72. The Morgan fingerprint density at radius 1 is 1.35 bits per heavy atom. The number of halogens is 1. The molecule has 0 saturated heterocycles. The second-order valence-electron chi connectivity index (χ2n) is 4.21. The van der Waals surface area contributed by atoms with Crippen molar-refractivity contribution in [3.05, 3.63) is 59.4 Å². The average Bonchev–Trinajstić information content (AvgIpc) is 2.45. The van der Waals surface area contributed by atoms with E-state index in [-0.39, 0.29) is 11.4 Å². The van der Waals surface area contributed by atoms with E-state index in [9.17, 15) is 9.18 Å². The Labute approximate surface area is 115 Å². The van der Waals surface area contributed by atoms with Gasteiger partial charge >= 0.3 is 5.97 Å². The molecule has 5 nitrogen and oxygen atoms in total. The Hall–Kier alpha value is -2.34. The van der Waals surface area contributed by atoms with Gasteiger partial charge in [0.1, 0.15) is 17.7 Å². The standard InChI is InChI=1S/C14H14FN3O2/c15-12-4-2-1-3-10(12)5-6-16-8-13-11(14(19)20)7-17-9-18-13/h1-4,7,9,16H,5-6,8H2,(H,19,20). The summed E-state index contributed by atoms with van der Waals surface area (Å²) in [4.78, 5) is 18.6. The zero-order valence-corrected chi connectivity index (χ0v) is 10.7. The van der Waals surface area contributed by atoms with Gasteiger partial charge in [0.15, 0.2) is 0 Å². The van der Waals surface area contributed by atoms with Gasteiger partial charge in [-0.3, -0.25) is 0 Å². The number of rotatable bonds is 6. The lowest BCUT2D eigenvalue weighted by Crippen LogP contribution is -2.20.